The summed E-state index contributed by atoms with van der Waals surface area (Å²) in [6, 6.07) is 7.21. The van der Waals surface area contributed by atoms with Crippen LogP contribution in [0.2, 0.25) is 0 Å². The SMILES string of the molecule is CC(=O)Oc1ccc(-c2coc3cc(OC(C)=O)c(OC(C)=O)c(OC(C)=O)c3c2=O)cc1. The van der Waals surface area contributed by atoms with Crippen LogP contribution in [0.4, 0.5) is 0 Å². The minimum absolute atomic E-state index is 0.0799. The van der Waals surface area contributed by atoms with Gasteiger partial charge in [0.05, 0.1) is 5.56 Å². The first-order valence-electron chi connectivity index (χ1n) is 9.53. The fraction of sp³-hybridized carbons (Fsp3) is 0.174. The number of rotatable bonds is 5. The van der Waals surface area contributed by atoms with Crippen LogP contribution in [0, 0.1) is 0 Å². The Balaban J connectivity index is 2.29. The quantitative estimate of drug-likeness (QED) is 0.418. The van der Waals surface area contributed by atoms with Crippen molar-refractivity contribution in [2.75, 3.05) is 0 Å². The van der Waals surface area contributed by atoms with Crippen LogP contribution in [0.3, 0.4) is 0 Å². The van der Waals surface area contributed by atoms with Crippen LogP contribution in [-0.2, 0) is 19.2 Å². The molecule has 0 bridgehead atoms. The summed E-state index contributed by atoms with van der Waals surface area (Å²) in [6.45, 7) is 4.54. The van der Waals surface area contributed by atoms with Crippen LogP contribution in [-0.4, -0.2) is 23.9 Å². The van der Waals surface area contributed by atoms with Gasteiger partial charge in [-0.1, -0.05) is 12.1 Å². The van der Waals surface area contributed by atoms with Crippen LogP contribution >= 0.6 is 0 Å². The fourth-order valence-electron chi connectivity index (χ4n) is 2.99. The van der Waals surface area contributed by atoms with Crippen molar-refractivity contribution in [3.05, 3.63) is 46.8 Å². The second kappa shape index (κ2) is 9.35. The first kappa shape index (κ1) is 23.2. The van der Waals surface area contributed by atoms with Crippen molar-refractivity contribution >= 4 is 34.8 Å². The normalized spacial score (nSPS) is 10.4. The summed E-state index contributed by atoms with van der Waals surface area (Å²) < 4.78 is 25.9. The lowest BCUT2D eigenvalue weighted by atomic mass is 10.0. The summed E-state index contributed by atoms with van der Waals surface area (Å²) in [5.74, 6) is -3.72. The minimum atomic E-state index is -0.819. The Bertz CT molecular complexity index is 1330. The molecule has 0 aliphatic heterocycles. The Morgan fingerprint density at radius 1 is 0.727 bits per heavy atom. The highest BCUT2D eigenvalue weighted by atomic mass is 16.6. The zero-order valence-corrected chi connectivity index (χ0v) is 18.0. The van der Waals surface area contributed by atoms with Gasteiger partial charge in [-0.05, 0) is 17.7 Å². The minimum Gasteiger partial charge on any atom is -0.463 e. The lowest BCUT2D eigenvalue weighted by Crippen LogP contribution is -2.14. The van der Waals surface area contributed by atoms with Crippen molar-refractivity contribution in [2.24, 2.45) is 0 Å². The zero-order chi connectivity index (χ0) is 24.3. The van der Waals surface area contributed by atoms with Gasteiger partial charge in [-0.3, -0.25) is 24.0 Å². The molecule has 3 rings (SSSR count). The second-order valence-corrected chi connectivity index (χ2v) is 6.78. The maximum absolute atomic E-state index is 13.4. The number of carbonyl (C=O) groups is 4. The average Bonchev–Trinajstić information content (AvgIpc) is 2.70. The van der Waals surface area contributed by atoms with Gasteiger partial charge in [-0.25, -0.2) is 0 Å². The molecule has 1 heterocycles. The van der Waals surface area contributed by atoms with E-state index in [1.54, 1.807) is 0 Å². The van der Waals surface area contributed by atoms with E-state index in [2.05, 4.69) is 0 Å². The highest BCUT2D eigenvalue weighted by Gasteiger charge is 2.26. The van der Waals surface area contributed by atoms with Crippen molar-refractivity contribution in [1.29, 1.82) is 0 Å². The topological polar surface area (TPSA) is 135 Å². The molecule has 1 aromatic heterocycles. The third-order valence-corrected chi connectivity index (χ3v) is 4.11. The van der Waals surface area contributed by atoms with Gasteiger partial charge in [-0.15, -0.1) is 0 Å². The van der Waals surface area contributed by atoms with Crippen LogP contribution in [0.25, 0.3) is 22.1 Å². The Hall–Kier alpha value is -4.47. The molecule has 0 saturated carbocycles. The molecule has 0 unspecified atom stereocenters. The number of carbonyl (C=O) groups excluding carboxylic acids is 4. The van der Waals surface area contributed by atoms with Gasteiger partial charge >= 0.3 is 23.9 Å². The van der Waals surface area contributed by atoms with Crippen LogP contribution in [0.1, 0.15) is 27.7 Å². The van der Waals surface area contributed by atoms with E-state index in [-0.39, 0.29) is 28.0 Å². The van der Waals surface area contributed by atoms with Gasteiger partial charge in [0.15, 0.2) is 11.5 Å². The number of benzene rings is 2. The maximum atomic E-state index is 13.4. The Morgan fingerprint density at radius 2 is 1.27 bits per heavy atom. The van der Waals surface area contributed by atoms with E-state index >= 15 is 0 Å². The first-order chi connectivity index (χ1) is 15.6. The molecule has 0 spiro atoms. The van der Waals surface area contributed by atoms with Gasteiger partial charge < -0.3 is 23.4 Å². The van der Waals surface area contributed by atoms with Gasteiger partial charge in [0, 0.05) is 33.8 Å². The predicted octanol–water partition coefficient (Wildman–Crippen LogP) is 3.16. The van der Waals surface area contributed by atoms with E-state index in [1.807, 2.05) is 0 Å². The van der Waals surface area contributed by atoms with E-state index < -0.39 is 40.8 Å². The molecule has 0 aliphatic rings. The van der Waals surface area contributed by atoms with E-state index in [4.69, 9.17) is 23.4 Å². The molecule has 170 valence electrons. The van der Waals surface area contributed by atoms with Gasteiger partial charge in [-0.2, -0.15) is 0 Å². The number of hydrogen-bond donors (Lipinski definition) is 0. The predicted molar refractivity (Wildman–Crippen MR) is 113 cm³/mol. The number of ether oxygens (including phenoxy) is 4. The molecule has 0 radical (unpaired) electrons. The molecule has 0 saturated heterocycles. The highest BCUT2D eigenvalue weighted by Crippen LogP contribution is 2.43. The van der Waals surface area contributed by atoms with Crippen molar-refractivity contribution in [2.45, 2.75) is 27.7 Å². The number of hydrogen-bond acceptors (Lipinski definition) is 10. The summed E-state index contributed by atoms with van der Waals surface area (Å²) in [7, 11) is 0. The van der Waals surface area contributed by atoms with E-state index in [9.17, 15) is 24.0 Å². The van der Waals surface area contributed by atoms with Crippen molar-refractivity contribution in [3.8, 4) is 34.1 Å². The molecular weight excluding hydrogens is 436 g/mol. The fourth-order valence-corrected chi connectivity index (χ4v) is 2.99. The van der Waals surface area contributed by atoms with Crippen LogP contribution in [0.15, 0.2) is 45.8 Å². The molecule has 33 heavy (non-hydrogen) atoms. The molecule has 0 fully saturated rings. The largest absolute Gasteiger partial charge is 0.463 e. The van der Waals surface area contributed by atoms with Crippen molar-refractivity contribution < 1.29 is 42.5 Å². The molecule has 0 atom stereocenters. The molecule has 0 amide bonds. The van der Waals surface area contributed by atoms with E-state index in [0.29, 0.717) is 5.56 Å². The summed E-state index contributed by atoms with van der Waals surface area (Å²) >= 11 is 0. The first-order valence-corrected chi connectivity index (χ1v) is 9.53. The van der Waals surface area contributed by atoms with E-state index in [1.165, 1.54) is 43.5 Å². The zero-order valence-electron chi connectivity index (χ0n) is 18.0. The third-order valence-electron chi connectivity index (χ3n) is 4.11. The van der Waals surface area contributed by atoms with Crippen LogP contribution in [0.5, 0.6) is 23.0 Å². The van der Waals surface area contributed by atoms with Gasteiger partial charge in [0.1, 0.15) is 23.0 Å². The number of fused-ring (bicyclic) bond motifs is 1. The summed E-state index contributed by atoms with van der Waals surface area (Å²) in [6.07, 6.45) is 1.17. The summed E-state index contributed by atoms with van der Waals surface area (Å²) in [4.78, 5) is 59.5. The Morgan fingerprint density at radius 3 is 1.82 bits per heavy atom. The molecule has 10 heteroatoms. The molecule has 0 aliphatic carbocycles. The lowest BCUT2D eigenvalue weighted by molar-refractivity contribution is -0.135. The molecule has 10 nitrogen and oxygen atoms in total. The average molecular weight is 454 g/mol. The molecule has 0 N–H and O–H groups in total. The van der Waals surface area contributed by atoms with Crippen LogP contribution < -0.4 is 24.4 Å². The molecule has 2 aromatic carbocycles. The molecule has 3 aromatic rings. The number of esters is 4. The summed E-state index contributed by atoms with van der Waals surface area (Å²) in [5.41, 5.74) is -0.202. The molecular formula is C23H18O10. The maximum Gasteiger partial charge on any atom is 0.308 e. The van der Waals surface area contributed by atoms with Gasteiger partial charge in [0.25, 0.3) is 0 Å². The smallest absolute Gasteiger partial charge is 0.308 e. The summed E-state index contributed by atoms with van der Waals surface area (Å²) in [5, 5.41) is -0.209. The lowest BCUT2D eigenvalue weighted by Gasteiger charge is -2.15. The third kappa shape index (κ3) is 5.24. The Labute approximate surface area is 186 Å². The standard InChI is InChI=1S/C23H18O10/c1-11(24)30-16-7-5-15(6-8-16)17-10-29-18-9-19(31-12(2)25)22(32-13(3)26)23(33-14(4)27)20(18)21(17)28/h5-10H,1-4H3. The van der Waals surface area contributed by atoms with Gasteiger partial charge in [0.2, 0.25) is 11.2 Å². The van der Waals surface area contributed by atoms with Crippen molar-refractivity contribution in [3.63, 3.8) is 0 Å². The monoisotopic (exact) mass is 454 g/mol. The van der Waals surface area contributed by atoms with E-state index in [0.717, 1.165) is 20.8 Å². The highest BCUT2D eigenvalue weighted by molar-refractivity contribution is 5.95. The van der Waals surface area contributed by atoms with Crippen molar-refractivity contribution in [1.82, 2.24) is 0 Å². The Kier molecular flexibility index (Phi) is 6.57. The second-order valence-electron chi connectivity index (χ2n) is 6.78.